The van der Waals surface area contributed by atoms with Crippen molar-refractivity contribution in [1.29, 1.82) is 5.26 Å². The summed E-state index contributed by atoms with van der Waals surface area (Å²) in [6.45, 7) is 2.58. The number of carbonyl (C=O) groups is 1. The Balaban J connectivity index is 1.73. The number of nitrogens with zero attached hydrogens (tertiary/aromatic N) is 5. The molecule has 25 heavy (non-hydrogen) atoms. The number of anilines is 1. The molecule has 7 heteroatoms. The van der Waals surface area contributed by atoms with Crippen molar-refractivity contribution in [1.82, 2.24) is 14.9 Å². The summed E-state index contributed by atoms with van der Waals surface area (Å²) in [6.07, 6.45) is 3.13. The lowest BCUT2D eigenvalue weighted by Crippen LogP contribution is -2.32. The fraction of sp³-hybridized carbons (Fsp3) is 0.333. The average Bonchev–Trinajstić information content (AvgIpc) is 3.03. The number of nitriles is 1. The second-order valence-electron chi connectivity index (χ2n) is 6.43. The van der Waals surface area contributed by atoms with Crippen LogP contribution in [0.25, 0.3) is 0 Å². The molecule has 1 aromatic carbocycles. The Morgan fingerprint density at radius 1 is 1.20 bits per heavy atom. The van der Waals surface area contributed by atoms with Crippen LogP contribution in [-0.4, -0.2) is 27.3 Å². The van der Waals surface area contributed by atoms with E-state index >= 15 is 0 Å². The van der Waals surface area contributed by atoms with E-state index in [9.17, 15) is 10.1 Å². The van der Waals surface area contributed by atoms with Gasteiger partial charge in [-0.1, -0.05) is 24.3 Å². The van der Waals surface area contributed by atoms with Crippen molar-refractivity contribution in [3.8, 4) is 6.19 Å². The van der Waals surface area contributed by atoms with E-state index in [1.54, 1.807) is 4.90 Å². The number of fused-ring (bicyclic) bond motifs is 2. The topological polar surface area (TPSA) is 99.1 Å². The Morgan fingerprint density at radius 3 is 2.76 bits per heavy atom. The molecule has 7 nitrogen and oxygen atoms in total. The van der Waals surface area contributed by atoms with Crippen LogP contribution in [0.3, 0.4) is 0 Å². The van der Waals surface area contributed by atoms with Gasteiger partial charge in [-0.05, 0) is 17.5 Å². The van der Waals surface area contributed by atoms with Crippen LogP contribution in [-0.2, 0) is 37.3 Å². The minimum absolute atomic E-state index is 0.0112. The quantitative estimate of drug-likeness (QED) is 0.836. The standard InChI is InChI=1S/C18H18N6O/c19-11-23-9-14-15(10-23)21-17(7-16(20)25)22-18(14)24-6-5-12-3-1-2-4-13(12)8-24/h1-4H,5-10H2,(H2,20,25). The number of hydrogen-bond donors (Lipinski definition) is 1. The molecule has 0 spiro atoms. The van der Waals surface area contributed by atoms with E-state index in [0.717, 1.165) is 36.6 Å². The fourth-order valence-electron chi connectivity index (χ4n) is 3.53. The average molecular weight is 334 g/mol. The summed E-state index contributed by atoms with van der Waals surface area (Å²) in [5.41, 5.74) is 9.77. The van der Waals surface area contributed by atoms with E-state index in [-0.39, 0.29) is 6.42 Å². The first kappa shape index (κ1) is 15.4. The summed E-state index contributed by atoms with van der Waals surface area (Å²) in [5, 5.41) is 9.22. The SMILES string of the molecule is N#CN1Cc2nc(CC(N)=O)nc(N3CCc4ccccc4C3)c2C1. The molecule has 4 rings (SSSR count). The number of primary amides is 1. The first-order valence-electron chi connectivity index (χ1n) is 8.27. The highest BCUT2D eigenvalue weighted by atomic mass is 16.1. The number of aromatic nitrogens is 2. The van der Waals surface area contributed by atoms with Gasteiger partial charge in [0, 0.05) is 18.7 Å². The number of amides is 1. The highest BCUT2D eigenvalue weighted by Gasteiger charge is 2.28. The molecule has 1 aromatic heterocycles. The largest absolute Gasteiger partial charge is 0.369 e. The van der Waals surface area contributed by atoms with E-state index in [1.165, 1.54) is 11.1 Å². The highest BCUT2D eigenvalue weighted by molar-refractivity contribution is 5.75. The number of carbonyl (C=O) groups excluding carboxylic acids is 1. The van der Waals surface area contributed by atoms with Gasteiger partial charge in [-0.15, -0.1) is 0 Å². The van der Waals surface area contributed by atoms with Gasteiger partial charge in [0.1, 0.15) is 11.6 Å². The molecule has 3 heterocycles. The first-order valence-corrected chi connectivity index (χ1v) is 8.27. The van der Waals surface area contributed by atoms with Gasteiger partial charge in [-0.3, -0.25) is 4.79 Å². The summed E-state index contributed by atoms with van der Waals surface area (Å²) in [5.74, 6) is 0.804. The maximum atomic E-state index is 11.3. The molecule has 0 atom stereocenters. The molecule has 2 aliphatic heterocycles. The summed E-state index contributed by atoms with van der Waals surface area (Å²) in [4.78, 5) is 24.3. The van der Waals surface area contributed by atoms with Gasteiger partial charge >= 0.3 is 0 Å². The van der Waals surface area contributed by atoms with Crippen molar-refractivity contribution in [3.05, 3.63) is 52.5 Å². The smallest absolute Gasteiger partial charge is 0.225 e. The maximum absolute atomic E-state index is 11.3. The van der Waals surface area contributed by atoms with Gasteiger partial charge in [0.2, 0.25) is 5.91 Å². The number of hydrogen-bond acceptors (Lipinski definition) is 6. The van der Waals surface area contributed by atoms with Crippen LogP contribution in [0.5, 0.6) is 0 Å². The second-order valence-corrected chi connectivity index (χ2v) is 6.43. The molecule has 0 saturated carbocycles. The Kier molecular flexibility index (Phi) is 3.73. The lowest BCUT2D eigenvalue weighted by atomic mass is 9.99. The molecular weight excluding hydrogens is 316 g/mol. The molecule has 0 radical (unpaired) electrons. The molecule has 2 aromatic rings. The second kappa shape index (κ2) is 6.06. The molecule has 0 unspecified atom stereocenters. The molecule has 0 bridgehead atoms. The Bertz CT molecular complexity index is 888. The van der Waals surface area contributed by atoms with Crippen LogP contribution in [0, 0.1) is 11.5 Å². The zero-order valence-electron chi connectivity index (χ0n) is 13.8. The Hall–Kier alpha value is -3.14. The van der Waals surface area contributed by atoms with Crippen molar-refractivity contribution in [2.45, 2.75) is 32.5 Å². The molecule has 126 valence electrons. The van der Waals surface area contributed by atoms with Crippen molar-refractivity contribution in [2.75, 3.05) is 11.4 Å². The predicted octanol–water partition coefficient (Wildman–Crippen LogP) is 0.864. The zero-order valence-corrected chi connectivity index (χ0v) is 13.8. The van der Waals surface area contributed by atoms with Gasteiger partial charge in [0.25, 0.3) is 0 Å². The molecule has 1 amide bonds. The lowest BCUT2D eigenvalue weighted by Gasteiger charge is -2.31. The summed E-state index contributed by atoms with van der Waals surface area (Å²) in [7, 11) is 0. The number of benzene rings is 1. The predicted molar refractivity (Wildman–Crippen MR) is 91.0 cm³/mol. The molecule has 0 fully saturated rings. The zero-order chi connectivity index (χ0) is 17.4. The van der Waals surface area contributed by atoms with Crippen LogP contribution >= 0.6 is 0 Å². The highest BCUT2D eigenvalue weighted by Crippen LogP contribution is 2.32. The fourth-order valence-corrected chi connectivity index (χ4v) is 3.53. The van der Waals surface area contributed by atoms with Crippen LogP contribution in [0.2, 0.25) is 0 Å². The molecule has 0 saturated heterocycles. The third-order valence-electron chi connectivity index (χ3n) is 4.71. The Morgan fingerprint density at radius 2 is 2.00 bits per heavy atom. The minimum atomic E-state index is -0.454. The van der Waals surface area contributed by atoms with Crippen LogP contribution < -0.4 is 10.6 Å². The van der Waals surface area contributed by atoms with Crippen molar-refractivity contribution in [3.63, 3.8) is 0 Å². The van der Waals surface area contributed by atoms with Crippen LogP contribution in [0.1, 0.15) is 28.2 Å². The normalized spacial score (nSPS) is 15.5. The van der Waals surface area contributed by atoms with Crippen molar-refractivity contribution < 1.29 is 4.79 Å². The molecule has 0 aliphatic carbocycles. The van der Waals surface area contributed by atoms with E-state index < -0.39 is 5.91 Å². The van der Waals surface area contributed by atoms with Crippen LogP contribution in [0.4, 0.5) is 5.82 Å². The van der Waals surface area contributed by atoms with E-state index in [2.05, 4.69) is 39.3 Å². The number of rotatable bonds is 3. The summed E-state index contributed by atoms with van der Waals surface area (Å²) >= 11 is 0. The van der Waals surface area contributed by atoms with Gasteiger partial charge in [-0.2, -0.15) is 5.26 Å². The molecular formula is C18H18N6O. The molecule has 2 N–H and O–H groups in total. The lowest BCUT2D eigenvalue weighted by molar-refractivity contribution is -0.117. The first-order chi connectivity index (χ1) is 12.1. The third kappa shape index (κ3) is 2.87. The van der Waals surface area contributed by atoms with Gasteiger partial charge in [-0.25, -0.2) is 9.97 Å². The minimum Gasteiger partial charge on any atom is -0.369 e. The Labute approximate surface area is 145 Å². The van der Waals surface area contributed by atoms with Gasteiger partial charge in [0.05, 0.1) is 25.2 Å². The van der Waals surface area contributed by atoms with Gasteiger partial charge in [0.15, 0.2) is 6.19 Å². The van der Waals surface area contributed by atoms with Crippen LogP contribution in [0.15, 0.2) is 24.3 Å². The maximum Gasteiger partial charge on any atom is 0.225 e. The van der Waals surface area contributed by atoms with Crippen molar-refractivity contribution >= 4 is 11.7 Å². The van der Waals surface area contributed by atoms with E-state index in [4.69, 9.17) is 5.73 Å². The van der Waals surface area contributed by atoms with E-state index in [1.807, 2.05) is 6.07 Å². The number of nitrogens with two attached hydrogens (primary N) is 1. The van der Waals surface area contributed by atoms with Gasteiger partial charge < -0.3 is 15.5 Å². The summed E-state index contributed by atoms with van der Waals surface area (Å²) < 4.78 is 0. The summed E-state index contributed by atoms with van der Waals surface area (Å²) in [6, 6.07) is 8.40. The van der Waals surface area contributed by atoms with E-state index in [0.29, 0.717) is 18.9 Å². The molecule has 2 aliphatic rings. The monoisotopic (exact) mass is 334 g/mol. The third-order valence-corrected chi connectivity index (χ3v) is 4.71. The van der Waals surface area contributed by atoms with Crippen molar-refractivity contribution in [2.24, 2.45) is 5.73 Å².